The summed E-state index contributed by atoms with van der Waals surface area (Å²) in [6, 6.07) is 25.3. The first kappa shape index (κ1) is 23.3. The van der Waals surface area contributed by atoms with Gasteiger partial charge in [0.15, 0.2) is 5.16 Å². The van der Waals surface area contributed by atoms with Crippen LogP contribution in [0, 0.1) is 0 Å². The van der Waals surface area contributed by atoms with Gasteiger partial charge in [-0.25, -0.2) is 9.78 Å². The van der Waals surface area contributed by atoms with Crippen molar-refractivity contribution in [2.24, 2.45) is 0 Å². The zero-order valence-corrected chi connectivity index (χ0v) is 19.4. The van der Waals surface area contributed by atoms with Crippen molar-refractivity contribution in [3.8, 4) is 0 Å². The highest BCUT2D eigenvalue weighted by atomic mass is 32.2. The third-order valence-corrected chi connectivity index (χ3v) is 6.28. The van der Waals surface area contributed by atoms with Crippen molar-refractivity contribution in [2.75, 3.05) is 5.75 Å². The first-order valence-corrected chi connectivity index (χ1v) is 11.8. The number of fused-ring (bicyclic) bond motifs is 1. The summed E-state index contributed by atoms with van der Waals surface area (Å²) in [6.07, 6.45) is 0. The molecule has 4 aromatic rings. The van der Waals surface area contributed by atoms with E-state index in [0.29, 0.717) is 22.6 Å². The van der Waals surface area contributed by atoms with Gasteiger partial charge in [0.2, 0.25) is 5.91 Å². The molecule has 0 spiro atoms. The van der Waals surface area contributed by atoms with Gasteiger partial charge in [-0.1, -0.05) is 84.6 Å². The molecular formula is C26H24N4O3S. The van der Waals surface area contributed by atoms with Crippen LogP contribution in [0.15, 0.2) is 94.9 Å². The third-order valence-electron chi connectivity index (χ3n) is 5.33. The maximum absolute atomic E-state index is 13.4. The fourth-order valence-electron chi connectivity index (χ4n) is 3.56. The number of rotatable bonds is 7. The molecule has 8 heteroatoms. The number of amides is 3. The van der Waals surface area contributed by atoms with Gasteiger partial charge in [0, 0.05) is 6.54 Å². The quantitative estimate of drug-likeness (QED) is 0.312. The van der Waals surface area contributed by atoms with Crippen LogP contribution in [-0.4, -0.2) is 27.2 Å². The van der Waals surface area contributed by atoms with E-state index in [1.54, 1.807) is 22.8 Å². The maximum atomic E-state index is 13.4. The zero-order chi connectivity index (χ0) is 23.9. The minimum atomic E-state index is -0.573. The number of nitrogens with one attached hydrogen (secondary N) is 2. The van der Waals surface area contributed by atoms with E-state index in [-0.39, 0.29) is 17.4 Å². The highest BCUT2D eigenvalue weighted by Crippen LogP contribution is 2.24. The molecule has 3 amide bonds. The highest BCUT2D eigenvalue weighted by Gasteiger charge is 2.19. The number of carbonyl (C=O) groups excluding carboxylic acids is 2. The zero-order valence-electron chi connectivity index (χ0n) is 18.6. The van der Waals surface area contributed by atoms with Crippen LogP contribution in [0.25, 0.3) is 10.9 Å². The number of carbonyl (C=O) groups is 2. The van der Waals surface area contributed by atoms with Gasteiger partial charge in [0.25, 0.3) is 5.56 Å². The van der Waals surface area contributed by atoms with Gasteiger partial charge < -0.3 is 5.32 Å². The number of aromatic nitrogens is 2. The van der Waals surface area contributed by atoms with E-state index in [0.717, 1.165) is 22.9 Å². The third kappa shape index (κ3) is 5.52. The summed E-state index contributed by atoms with van der Waals surface area (Å²) in [5.74, 6) is -0.540. The fraction of sp³-hybridized carbons (Fsp3) is 0.154. The van der Waals surface area contributed by atoms with Gasteiger partial charge in [0.1, 0.15) is 0 Å². The molecule has 1 atom stereocenters. The predicted molar refractivity (Wildman–Crippen MR) is 134 cm³/mol. The van der Waals surface area contributed by atoms with E-state index in [1.807, 2.05) is 73.7 Å². The predicted octanol–water partition coefficient (Wildman–Crippen LogP) is 4.12. The Morgan fingerprint density at radius 3 is 2.32 bits per heavy atom. The lowest BCUT2D eigenvalue weighted by atomic mass is 10.1. The Morgan fingerprint density at radius 1 is 0.941 bits per heavy atom. The molecule has 0 aliphatic rings. The van der Waals surface area contributed by atoms with E-state index in [9.17, 15) is 14.4 Å². The molecule has 7 nitrogen and oxygen atoms in total. The van der Waals surface area contributed by atoms with E-state index in [1.165, 1.54) is 0 Å². The number of nitrogens with zero attached hydrogens (tertiary/aromatic N) is 2. The molecule has 1 aromatic heterocycles. The van der Waals surface area contributed by atoms with Crippen LogP contribution in [0.5, 0.6) is 0 Å². The van der Waals surface area contributed by atoms with Crippen molar-refractivity contribution in [2.45, 2.75) is 24.7 Å². The maximum Gasteiger partial charge on any atom is 0.321 e. The average molecular weight is 473 g/mol. The van der Waals surface area contributed by atoms with Crippen molar-refractivity contribution in [3.05, 3.63) is 106 Å². The first-order valence-electron chi connectivity index (χ1n) is 10.8. The van der Waals surface area contributed by atoms with Crippen molar-refractivity contribution < 1.29 is 9.59 Å². The Hall–Kier alpha value is -3.91. The SMILES string of the molecule is CC(c1ccccc1)n1c(SCC(=O)NC(=O)NCc2ccccc2)nc2ccccc2c1=O. The Balaban J connectivity index is 1.50. The number of hydrogen-bond acceptors (Lipinski definition) is 5. The Bertz CT molecular complexity index is 1360. The van der Waals surface area contributed by atoms with Gasteiger partial charge in [-0.2, -0.15) is 0 Å². The lowest BCUT2D eigenvalue weighted by Crippen LogP contribution is -2.40. The Morgan fingerprint density at radius 2 is 1.59 bits per heavy atom. The average Bonchev–Trinajstić information content (AvgIpc) is 2.87. The van der Waals surface area contributed by atoms with E-state index in [2.05, 4.69) is 15.6 Å². The summed E-state index contributed by atoms with van der Waals surface area (Å²) in [7, 11) is 0. The van der Waals surface area contributed by atoms with Crippen LogP contribution in [0.1, 0.15) is 24.1 Å². The number of urea groups is 1. The van der Waals surface area contributed by atoms with Crippen LogP contribution in [0.2, 0.25) is 0 Å². The molecule has 0 saturated carbocycles. The van der Waals surface area contributed by atoms with Gasteiger partial charge in [0.05, 0.1) is 22.7 Å². The lowest BCUT2D eigenvalue weighted by molar-refractivity contribution is -0.117. The molecule has 0 aliphatic carbocycles. The van der Waals surface area contributed by atoms with E-state index < -0.39 is 11.9 Å². The van der Waals surface area contributed by atoms with Gasteiger partial charge in [-0.05, 0) is 30.2 Å². The van der Waals surface area contributed by atoms with E-state index >= 15 is 0 Å². The number of hydrogen-bond donors (Lipinski definition) is 2. The minimum Gasteiger partial charge on any atom is -0.334 e. The second kappa shape index (κ2) is 10.8. The molecular weight excluding hydrogens is 448 g/mol. The highest BCUT2D eigenvalue weighted by molar-refractivity contribution is 7.99. The van der Waals surface area contributed by atoms with Gasteiger partial charge >= 0.3 is 6.03 Å². The van der Waals surface area contributed by atoms with Crippen LogP contribution in [0.4, 0.5) is 4.79 Å². The van der Waals surface area contributed by atoms with Crippen molar-refractivity contribution in [1.29, 1.82) is 0 Å². The lowest BCUT2D eigenvalue weighted by Gasteiger charge is -2.20. The molecule has 34 heavy (non-hydrogen) atoms. The van der Waals surface area contributed by atoms with Crippen molar-refractivity contribution >= 4 is 34.6 Å². The van der Waals surface area contributed by atoms with E-state index in [4.69, 9.17) is 0 Å². The topological polar surface area (TPSA) is 93.1 Å². The Kier molecular flexibility index (Phi) is 7.39. The van der Waals surface area contributed by atoms with Crippen molar-refractivity contribution in [1.82, 2.24) is 20.2 Å². The number of para-hydroxylation sites is 1. The molecule has 3 aromatic carbocycles. The van der Waals surface area contributed by atoms with Gasteiger partial charge in [-0.3, -0.25) is 19.5 Å². The summed E-state index contributed by atoms with van der Waals surface area (Å²) in [4.78, 5) is 42.5. The number of imide groups is 1. The van der Waals surface area contributed by atoms with Crippen LogP contribution in [0.3, 0.4) is 0 Å². The molecule has 0 aliphatic heterocycles. The fourth-order valence-corrected chi connectivity index (χ4v) is 4.44. The first-order chi connectivity index (χ1) is 16.5. The van der Waals surface area contributed by atoms with Crippen LogP contribution < -0.4 is 16.2 Å². The summed E-state index contributed by atoms with van der Waals surface area (Å²) < 4.78 is 1.60. The number of thioether (sulfide) groups is 1. The van der Waals surface area contributed by atoms with Crippen LogP contribution >= 0.6 is 11.8 Å². The second-order valence-corrected chi connectivity index (χ2v) is 8.62. The molecule has 0 bridgehead atoms. The monoisotopic (exact) mass is 472 g/mol. The standard InChI is InChI=1S/C26H24N4O3S/c1-18(20-12-6-3-7-13-20)30-24(32)21-14-8-9-15-22(21)28-26(30)34-17-23(31)29-25(33)27-16-19-10-4-2-5-11-19/h2-15,18H,16-17H2,1H3,(H2,27,29,31,33). The largest absolute Gasteiger partial charge is 0.334 e. The summed E-state index contributed by atoms with van der Waals surface area (Å²) in [5.41, 5.74) is 2.27. The second-order valence-electron chi connectivity index (χ2n) is 7.68. The summed E-state index contributed by atoms with van der Waals surface area (Å²) >= 11 is 1.12. The molecule has 2 N–H and O–H groups in total. The Labute approximate surface area is 201 Å². The molecule has 4 rings (SSSR count). The van der Waals surface area contributed by atoms with Crippen LogP contribution in [-0.2, 0) is 11.3 Å². The summed E-state index contributed by atoms with van der Waals surface area (Å²) in [5, 5.41) is 5.92. The molecule has 172 valence electrons. The molecule has 1 heterocycles. The molecule has 0 radical (unpaired) electrons. The minimum absolute atomic E-state index is 0.0644. The molecule has 0 saturated heterocycles. The number of benzene rings is 3. The summed E-state index contributed by atoms with van der Waals surface area (Å²) in [6.45, 7) is 2.24. The molecule has 0 fully saturated rings. The van der Waals surface area contributed by atoms with Gasteiger partial charge in [-0.15, -0.1) is 0 Å². The smallest absolute Gasteiger partial charge is 0.321 e. The van der Waals surface area contributed by atoms with Crippen molar-refractivity contribution in [3.63, 3.8) is 0 Å². The molecule has 1 unspecified atom stereocenters. The normalized spacial score (nSPS) is 11.7.